The van der Waals surface area contributed by atoms with Crippen molar-refractivity contribution in [3.8, 4) is 0 Å². The average molecular weight is 434 g/mol. The van der Waals surface area contributed by atoms with Gasteiger partial charge in [0.2, 0.25) is 5.76 Å². The van der Waals surface area contributed by atoms with Crippen LogP contribution in [0.1, 0.15) is 42.7 Å². The lowest BCUT2D eigenvalue weighted by atomic mass is 9.32. The third-order valence-corrected chi connectivity index (χ3v) is 9.73. The van der Waals surface area contributed by atoms with Gasteiger partial charge in [-0.1, -0.05) is 55.1 Å². The Morgan fingerprint density at radius 2 is 1.45 bits per heavy atom. The molecule has 0 saturated heterocycles. The quantitative estimate of drug-likeness (QED) is 0.245. The summed E-state index contributed by atoms with van der Waals surface area (Å²) in [5, 5.41) is 6.71. The smallest absolute Gasteiger partial charge is 0.440 e. The van der Waals surface area contributed by atoms with Gasteiger partial charge < -0.3 is 3.96 Å². The summed E-state index contributed by atoms with van der Waals surface area (Å²) in [6.45, 7) is 0. The molecule has 0 amide bonds. The van der Waals surface area contributed by atoms with Crippen molar-refractivity contribution in [1.82, 2.24) is 0 Å². The zero-order valence-electron chi connectivity index (χ0n) is 16.3. The van der Waals surface area contributed by atoms with E-state index in [-0.39, 0.29) is 0 Å². The molecule has 1 nitrogen and oxygen atoms in total. The van der Waals surface area contributed by atoms with Crippen molar-refractivity contribution < 1.29 is 3.96 Å². The van der Waals surface area contributed by atoms with Crippen molar-refractivity contribution >= 4 is 61.0 Å². The molecule has 1 aliphatic carbocycles. The summed E-state index contributed by atoms with van der Waals surface area (Å²) in [7, 11) is 0. The number of furan rings is 1. The number of thiophene rings is 3. The van der Waals surface area contributed by atoms with Gasteiger partial charge in [-0.25, -0.2) is 0 Å². The lowest BCUT2D eigenvalue weighted by Gasteiger charge is -2.36. The summed E-state index contributed by atoms with van der Waals surface area (Å²) in [5.74, 6) is 2.03. The molecule has 0 radical (unpaired) electrons. The lowest BCUT2D eigenvalue weighted by Crippen LogP contribution is -2.57. The molecule has 146 valence electrons. The van der Waals surface area contributed by atoms with Gasteiger partial charge in [-0.15, -0.1) is 11.3 Å². The Balaban J connectivity index is 1.73. The summed E-state index contributed by atoms with van der Waals surface area (Å²) in [6, 6.07) is 18.2. The first-order valence-corrected chi connectivity index (χ1v) is 13.2. The third kappa shape index (κ3) is 2.57. The van der Waals surface area contributed by atoms with E-state index in [0.717, 1.165) is 0 Å². The zero-order valence-corrected chi connectivity index (χ0v) is 18.7. The van der Waals surface area contributed by atoms with Gasteiger partial charge in [-0.3, -0.25) is 0 Å². The largest absolute Gasteiger partial charge is 0.776 e. The van der Waals surface area contributed by atoms with Gasteiger partial charge in [0.15, 0.2) is 6.26 Å². The Hall–Kier alpha value is -1.82. The van der Waals surface area contributed by atoms with Crippen LogP contribution in [-0.2, 0) is 0 Å². The SMILES string of the molecule is c1csc(C2=C(C3CCCCC3)c3ccc[o+]3[B-]2(c2cccs2)c2cccs2)c1. The minimum atomic E-state index is -1.24. The number of hydrogen-bond donors (Lipinski definition) is 0. The van der Waals surface area contributed by atoms with Gasteiger partial charge >= 0.3 is 6.35 Å². The maximum atomic E-state index is 3.73. The molecule has 0 N–H and O–H groups in total. The van der Waals surface area contributed by atoms with E-state index in [2.05, 4.69) is 74.9 Å². The van der Waals surface area contributed by atoms with E-state index in [1.165, 1.54) is 52.3 Å². The molecule has 0 bridgehead atoms. The highest BCUT2D eigenvalue weighted by Crippen LogP contribution is 2.53. The van der Waals surface area contributed by atoms with E-state index in [4.69, 9.17) is 0 Å². The van der Waals surface area contributed by atoms with Crippen LogP contribution in [0.15, 0.2) is 74.9 Å². The summed E-state index contributed by atoms with van der Waals surface area (Å²) < 4.78 is 6.63. The van der Waals surface area contributed by atoms with Crippen molar-refractivity contribution in [2.45, 2.75) is 32.1 Å². The highest BCUT2D eigenvalue weighted by atomic mass is 32.1. The molecule has 0 atom stereocenters. The second-order valence-electron chi connectivity index (χ2n) is 8.19. The highest BCUT2D eigenvalue weighted by molar-refractivity contribution is 7.40. The van der Waals surface area contributed by atoms with E-state index < -0.39 is 6.35 Å². The van der Waals surface area contributed by atoms with Crippen molar-refractivity contribution in [2.24, 2.45) is 5.92 Å². The third-order valence-electron chi connectivity index (χ3n) is 6.76. The van der Waals surface area contributed by atoms with Crippen LogP contribution < -0.4 is 9.55 Å². The Kier molecular flexibility index (Phi) is 4.44. The fourth-order valence-electron chi connectivity index (χ4n) is 5.66. The molecule has 29 heavy (non-hydrogen) atoms. The van der Waals surface area contributed by atoms with Gasteiger partial charge in [0.05, 0.1) is 0 Å². The van der Waals surface area contributed by atoms with Gasteiger partial charge in [-0.05, 0) is 50.5 Å². The number of hydrogen-bond acceptors (Lipinski definition) is 3. The van der Waals surface area contributed by atoms with Crippen molar-refractivity contribution in [2.75, 3.05) is 0 Å². The first-order chi connectivity index (χ1) is 14.4. The Bertz CT molecular complexity index is 1090. The molecule has 0 unspecified atom stereocenters. The molecule has 4 aromatic rings. The number of fused-ring (bicyclic) bond motifs is 1. The normalized spacial score (nSPS) is 19.0. The number of allylic oxidation sites excluding steroid dienone is 1. The molecule has 0 aromatic carbocycles. The van der Waals surface area contributed by atoms with Crippen LogP contribution in [0.25, 0.3) is 11.0 Å². The van der Waals surface area contributed by atoms with Gasteiger partial charge in [0, 0.05) is 22.6 Å². The molecule has 6 rings (SSSR count). The van der Waals surface area contributed by atoms with Crippen LogP contribution in [0.2, 0.25) is 0 Å². The summed E-state index contributed by atoms with van der Waals surface area (Å²) in [5.41, 5.74) is 3.17. The fraction of sp³-hybridized carbons (Fsp3) is 0.250. The minimum absolute atomic E-state index is 0.658. The van der Waals surface area contributed by atoms with Crippen LogP contribution in [0, 0.1) is 5.92 Å². The predicted octanol–water partition coefficient (Wildman–Crippen LogP) is 6.80. The molecule has 5 heterocycles. The molecule has 5 heteroatoms. The van der Waals surface area contributed by atoms with Crippen LogP contribution in [-0.4, -0.2) is 6.35 Å². The topological polar surface area (TPSA) is 2.70 Å². The molecule has 1 aliphatic heterocycles. The van der Waals surface area contributed by atoms with E-state index >= 15 is 0 Å². The first-order valence-electron chi connectivity index (χ1n) is 10.5. The summed E-state index contributed by atoms with van der Waals surface area (Å²) in [6.07, 6.45) is 7.75. The Labute approximate surface area is 184 Å². The number of rotatable bonds is 4. The maximum Gasteiger partial charge on any atom is 0.440 e. The zero-order chi connectivity index (χ0) is 19.3. The molecular weight excluding hydrogens is 411 g/mol. The molecular formula is C24H23BOS3. The second kappa shape index (κ2) is 7.15. The first kappa shape index (κ1) is 18.0. The minimum Gasteiger partial charge on any atom is -0.776 e. The molecule has 4 aromatic heterocycles. The monoisotopic (exact) mass is 434 g/mol. The van der Waals surface area contributed by atoms with Crippen molar-refractivity contribution in [3.05, 3.63) is 81.6 Å². The van der Waals surface area contributed by atoms with Gasteiger partial charge in [-0.2, -0.15) is 22.7 Å². The van der Waals surface area contributed by atoms with Gasteiger partial charge in [0.25, 0.3) is 0 Å². The second-order valence-corrected chi connectivity index (χ2v) is 11.1. The maximum absolute atomic E-state index is 3.73. The van der Waals surface area contributed by atoms with Crippen LogP contribution >= 0.6 is 34.0 Å². The molecule has 1 fully saturated rings. The van der Waals surface area contributed by atoms with E-state index in [1.807, 2.05) is 34.0 Å². The van der Waals surface area contributed by atoms with E-state index in [1.54, 1.807) is 11.0 Å². The highest BCUT2D eigenvalue weighted by Gasteiger charge is 2.55. The predicted molar refractivity (Wildman–Crippen MR) is 130 cm³/mol. The van der Waals surface area contributed by atoms with Crippen LogP contribution in [0.5, 0.6) is 0 Å². The van der Waals surface area contributed by atoms with Crippen LogP contribution in [0.4, 0.5) is 0 Å². The molecule has 2 aliphatic rings. The Morgan fingerprint density at radius 1 is 0.759 bits per heavy atom. The van der Waals surface area contributed by atoms with E-state index in [9.17, 15) is 0 Å². The van der Waals surface area contributed by atoms with Gasteiger partial charge in [0.1, 0.15) is 0 Å². The summed E-state index contributed by atoms with van der Waals surface area (Å²) >= 11 is 5.69. The lowest BCUT2D eigenvalue weighted by molar-refractivity contribution is 0.364. The molecule has 0 spiro atoms. The van der Waals surface area contributed by atoms with Crippen LogP contribution in [0.3, 0.4) is 0 Å². The standard InChI is InChI=1S/C24H23BOS3/c1-2-8-18(9-3-1)23-19-10-4-14-26(19)25(21-12-6-16-28-21,22-13-7-17-29-22)24(23)20-11-5-15-27-20/h4-7,10-18H,1-3,8-9H2. The van der Waals surface area contributed by atoms with Crippen molar-refractivity contribution in [1.29, 1.82) is 0 Å². The van der Waals surface area contributed by atoms with Crippen molar-refractivity contribution in [3.63, 3.8) is 0 Å². The van der Waals surface area contributed by atoms with E-state index in [0.29, 0.717) is 5.92 Å². The molecule has 1 saturated carbocycles. The fourth-order valence-corrected chi connectivity index (χ4v) is 8.63. The Morgan fingerprint density at radius 3 is 2.07 bits per heavy atom. The average Bonchev–Trinajstić information content (AvgIpc) is 3.57. The summed E-state index contributed by atoms with van der Waals surface area (Å²) in [4.78, 5) is 1.43.